The van der Waals surface area contributed by atoms with E-state index in [1.54, 1.807) is 25.1 Å². The Morgan fingerprint density at radius 1 is 1.26 bits per heavy atom. The van der Waals surface area contributed by atoms with Crippen LogP contribution in [-0.2, 0) is 23.4 Å². The number of nitrogens with one attached hydrogen (secondary N) is 1. The number of anilines is 1. The number of nitrogens with two attached hydrogens (primary N) is 1. The Hall–Kier alpha value is -4.32. The van der Waals surface area contributed by atoms with Crippen LogP contribution in [0.1, 0.15) is 46.8 Å². The molecule has 6 atom stereocenters. The zero-order chi connectivity index (χ0) is 33.8. The number of imidazole rings is 1. The number of carbonyl (C=O) groups is 1. The van der Waals surface area contributed by atoms with Gasteiger partial charge in [0.2, 0.25) is 11.8 Å². The second-order valence-corrected chi connectivity index (χ2v) is 12.9. The van der Waals surface area contributed by atoms with E-state index in [0.717, 1.165) is 11.8 Å². The fourth-order valence-electron chi connectivity index (χ4n) is 5.23. The molecular formula is C31H38N7O8P. The average molecular weight is 668 g/mol. The highest BCUT2D eigenvalue weighted by Gasteiger charge is 2.56. The van der Waals surface area contributed by atoms with Gasteiger partial charge < -0.3 is 29.6 Å². The number of carbonyl (C=O) groups excluding carboxylic acids is 1. The molecule has 15 nitrogen and oxygen atoms in total. The highest BCUT2D eigenvalue weighted by molar-refractivity contribution is 7.52. The van der Waals surface area contributed by atoms with Gasteiger partial charge in [-0.2, -0.15) is 20.3 Å². The van der Waals surface area contributed by atoms with Gasteiger partial charge in [0.25, 0.3) is 0 Å². The number of nitrogen functional groups attached to an aromatic ring is 1. The second kappa shape index (κ2) is 14.2. The Labute approximate surface area is 271 Å². The number of aromatic nitrogens is 4. The number of hydrogen-bond acceptors (Lipinski definition) is 13. The molecule has 0 radical (unpaired) electrons. The minimum Gasteiger partial charge on any atom is -0.476 e. The molecule has 16 heteroatoms. The number of aliphatic hydroxyl groups excluding tert-OH is 1. The van der Waals surface area contributed by atoms with Crippen molar-refractivity contribution in [3.63, 3.8) is 0 Å². The quantitative estimate of drug-likeness (QED) is 0.0976. The zero-order valence-corrected chi connectivity index (χ0v) is 27.4. The van der Waals surface area contributed by atoms with Crippen LogP contribution in [0.2, 0.25) is 0 Å². The number of ether oxygens (including phenoxy) is 3. The third-order valence-electron chi connectivity index (χ3n) is 7.79. The van der Waals surface area contributed by atoms with E-state index in [1.165, 1.54) is 24.7 Å². The highest BCUT2D eigenvalue weighted by atomic mass is 31.2. The summed E-state index contributed by atoms with van der Waals surface area (Å²) in [4.78, 5) is 25.4. The van der Waals surface area contributed by atoms with Crippen LogP contribution in [0.3, 0.4) is 0 Å². The maximum atomic E-state index is 14.4. The Morgan fingerprint density at radius 3 is 2.77 bits per heavy atom. The zero-order valence-electron chi connectivity index (χ0n) is 26.5. The molecule has 0 amide bonds. The molecule has 250 valence electrons. The van der Waals surface area contributed by atoms with E-state index in [0.29, 0.717) is 18.4 Å². The van der Waals surface area contributed by atoms with Gasteiger partial charge in [-0.05, 0) is 38.6 Å². The van der Waals surface area contributed by atoms with Crippen molar-refractivity contribution in [3.8, 4) is 17.7 Å². The number of unbranched alkanes of at least 4 members (excludes halogenated alkanes) is 1. The van der Waals surface area contributed by atoms with Gasteiger partial charge in [-0.15, -0.1) is 0 Å². The van der Waals surface area contributed by atoms with Crippen molar-refractivity contribution in [2.45, 2.75) is 65.0 Å². The maximum absolute atomic E-state index is 14.4. The number of benzene rings is 2. The van der Waals surface area contributed by atoms with E-state index in [-0.39, 0.29) is 35.3 Å². The fraction of sp³-hybridized carbons (Fsp3) is 0.452. The fourth-order valence-corrected chi connectivity index (χ4v) is 6.75. The van der Waals surface area contributed by atoms with Gasteiger partial charge in [0, 0.05) is 5.39 Å². The molecule has 0 aliphatic carbocycles. The third kappa shape index (κ3) is 7.02. The van der Waals surface area contributed by atoms with Crippen molar-refractivity contribution in [1.29, 1.82) is 5.26 Å². The molecule has 47 heavy (non-hydrogen) atoms. The number of fused-ring (bicyclic) bond motifs is 2. The predicted octanol–water partition coefficient (Wildman–Crippen LogP) is 4.27. The van der Waals surface area contributed by atoms with E-state index in [2.05, 4.69) is 26.1 Å². The molecule has 0 spiro atoms. The second-order valence-electron chi connectivity index (χ2n) is 11.2. The van der Waals surface area contributed by atoms with Gasteiger partial charge in [-0.1, -0.05) is 49.7 Å². The van der Waals surface area contributed by atoms with E-state index in [9.17, 15) is 19.7 Å². The van der Waals surface area contributed by atoms with Crippen LogP contribution in [0.5, 0.6) is 11.6 Å². The van der Waals surface area contributed by atoms with Crippen LogP contribution in [0.25, 0.3) is 21.9 Å². The first-order valence-electron chi connectivity index (χ1n) is 15.3. The predicted molar refractivity (Wildman–Crippen MR) is 171 cm³/mol. The molecule has 0 saturated carbocycles. The summed E-state index contributed by atoms with van der Waals surface area (Å²) >= 11 is 0. The number of hydrogen-bond donors (Lipinski definition) is 3. The lowest BCUT2D eigenvalue weighted by atomic mass is 9.84. The molecule has 2 aromatic carbocycles. The molecule has 1 aliphatic rings. The van der Waals surface area contributed by atoms with Gasteiger partial charge in [-0.25, -0.2) is 9.55 Å². The van der Waals surface area contributed by atoms with Crippen molar-refractivity contribution >= 4 is 41.6 Å². The highest BCUT2D eigenvalue weighted by Crippen LogP contribution is 2.50. The number of rotatable bonds is 14. The van der Waals surface area contributed by atoms with Crippen molar-refractivity contribution in [3.05, 3.63) is 48.8 Å². The van der Waals surface area contributed by atoms with E-state index in [4.69, 9.17) is 29.0 Å². The van der Waals surface area contributed by atoms with Gasteiger partial charge >= 0.3 is 13.7 Å². The molecule has 0 bridgehead atoms. The molecule has 1 aliphatic heterocycles. The van der Waals surface area contributed by atoms with Crippen molar-refractivity contribution in [2.24, 2.45) is 5.41 Å². The summed E-state index contributed by atoms with van der Waals surface area (Å²) < 4.78 is 44.7. The minimum atomic E-state index is -4.36. The molecule has 1 fully saturated rings. The van der Waals surface area contributed by atoms with Gasteiger partial charge in [-0.3, -0.25) is 13.9 Å². The smallest absolute Gasteiger partial charge is 0.459 e. The number of nitrogens with zero attached hydrogens (tertiary/aromatic N) is 5. The summed E-state index contributed by atoms with van der Waals surface area (Å²) in [6.45, 7) is 6.76. The Kier molecular flexibility index (Phi) is 10.3. The molecule has 5 rings (SSSR count). The summed E-state index contributed by atoms with van der Waals surface area (Å²) in [6, 6.07) is 13.6. The average Bonchev–Trinajstić information content (AvgIpc) is 3.58. The molecule has 4 N–H and O–H groups in total. The minimum absolute atomic E-state index is 0.0836. The third-order valence-corrected chi connectivity index (χ3v) is 9.42. The molecule has 3 heterocycles. The summed E-state index contributed by atoms with van der Waals surface area (Å²) in [5, 5.41) is 25.8. The van der Waals surface area contributed by atoms with E-state index < -0.39 is 50.2 Å². The summed E-state index contributed by atoms with van der Waals surface area (Å²) in [5.41, 5.74) is 4.89. The Bertz CT molecular complexity index is 1830. The monoisotopic (exact) mass is 667 g/mol. The Balaban J connectivity index is 1.42. The number of esters is 1. The van der Waals surface area contributed by atoms with Crippen molar-refractivity contribution in [2.75, 3.05) is 25.6 Å². The summed E-state index contributed by atoms with van der Waals surface area (Å²) in [5.74, 6) is -0.325. The van der Waals surface area contributed by atoms with Crippen molar-refractivity contribution in [1.82, 2.24) is 24.6 Å². The van der Waals surface area contributed by atoms with Crippen molar-refractivity contribution < 1.29 is 37.7 Å². The molecule has 1 unspecified atom stereocenters. The lowest BCUT2D eigenvalue weighted by Crippen LogP contribution is -2.39. The topological polar surface area (TPSA) is 206 Å². The largest absolute Gasteiger partial charge is 0.476 e. The van der Waals surface area contributed by atoms with Gasteiger partial charge in [0.1, 0.15) is 29.4 Å². The first-order valence-corrected chi connectivity index (χ1v) is 16.8. The van der Waals surface area contributed by atoms with Crippen LogP contribution in [-0.4, -0.2) is 68.7 Å². The van der Waals surface area contributed by atoms with Gasteiger partial charge in [0.15, 0.2) is 17.4 Å². The van der Waals surface area contributed by atoms with Crippen LogP contribution >= 0.6 is 7.75 Å². The van der Waals surface area contributed by atoms with Gasteiger partial charge in [0.05, 0.1) is 32.2 Å². The molecule has 4 aromatic rings. The van der Waals surface area contributed by atoms with Crippen LogP contribution in [0.15, 0.2) is 48.8 Å². The lowest BCUT2D eigenvalue weighted by molar-refractivity contribution is -0.145. The van der Waals surface area contributed by atoms with Crippen LogP contribution < -0.4 is 20.1 Å². The molecule has 2 aromatic heterocycles. The summed E-state index contributed by atoms with van der Waals surface area (Å²) in [7, 11) is -4.36. The molecular weight excluding hydrogens is 629 g/mol. The SMILES string of the molecule is CCCCOC(=O)[C@H](C)NP(=O)(OC[C@H]1O[C@@H](n2cnc3c(OCC)nc(N)nc32)[C@](C)(C#N)[C@@H]1O)Oc1cccc2ccccc12. The number of nitriles is 1. The number of aliphatic hydroxyl groups is 1. The maximum Gasteiger partial charge on any atom is 0.459 e. The normalized spacial score (nSPS) is 22.9. The lowest BCUT2D eigenvalue weighted by Gasteiger charge is -2.26. The van der Waals surface area contributed by atoms with E-state index >= 15 is 0 Å². The molecule has 1 saturated heterocycles. The summed E-state index contributed by atoms with van der Waals surface area (Å²) in [6.07, 6.45) is -0.834. The Morgan fingerprint density at radius 2 is 2.02 bits per heavy atom. The van der Waals surface area contributed by atoms with E-state index in [1.807, 2.05) is 31.2 Å². The standard InChI is InChI=1S/C31H38N7O8P/c1-5-7-15-43-28(40)19(3)37-47(41,46-22-14-10-12-20-11-8-9-13-21(20)22)44-16-23-25(39)31(4,17-32)29(45-23)38-18-34-24-26(38)35-30(33)36-27(24)42-6-2/h8-14,18-19,23,25,29,39H,5-7,15-16H2,1-4H3,(H,37,41)(H2,33,35,36)/t19-,23+,25+,29+,31+,47?/m0/s1. The van der Waals surface area contributed by atoms with Crippen LogP contribution in [0.4, 0.5) is 5.95 Å². The van der Waals surface area contributed by atoms with Crippen LogP contribution in [0, 0.1) is 16.7 Å². The first-order chi connectivity index (χ1) is 22.5. The first kappa shape index (κ1) is 34.0.